The van der Waals surface area contributed by atoms with Crippen LogP contribution in [0.15, 0.2) is 24.3 Å². The average Bonchev–Trinajstić information content (AvgIpc) is 2.25. The molecule has 0 heterocycles. The van der Waals surface area contributed by atoms with E-state index < -0.39 is 25.0 Å². The molecule has 0 saturated heterocycles. The van der Waals surface area contributed by atoms with Crippen LogP contribution in [0.1, 0.15) is 10.4 Å². The Morgan fingerprint density at radius 3 is 2.71 bits per heavy atom. The van der Waals surface area contributed by atoms with E-state index in [-0.39, 0.29) is 11.3 Å². The van der Waals surface area contributed by atoms with E-state index in [2.05, 4.69) is 4.74 Å². The van der Waals surface area contributed by atoms with Crippen molar-refractivity contribution in [2.75, 3.05) is 6.54 Å². The molecule has 0 aliphatic heterocycles. The number of hydrogen-bond donors (Lipinski definition) is 1. The maximum atomic E-state index is 11.9. The largest absolute Gasteiger partial charge is 0.548 e. The highest BCUT2D eigenvalue weighted by molar-refractivity contribution is 5.95. The minimum absolute atomic E-state index is 0.0180. The van der Waals surface area contributed by atoms with E-state index in [0.29, 0.717) is 0 Å². The van der Waals surface area contributed by atoms with Gasteiger partial charge in [-0.05, 0) is 18.2 Å². The molecule has 1 amide bonds. The topological polar surface area (TPSA) is 78.5 Å². The fraction of sp³-hybridized carbons (Fsp3) is 0.200. The van der Waals surface area contributed by atoms with Crippen LogP contribution in [0.2, 0.25) is 0 Å². The number of carboxylic acid groups (broad SMARTS) is 1. The number of nitrogens with one attached hydrogen (secondary N) is 1. The summed E-state index contributed by atoms with van der Waals surface area (Å²) >= 11 is 0. The van der Waals surface area contributed by atoms with Crippen molar-refractivity contribution in [3.05, 3.63) is 29.8 Å². The molecule has 0 aromatic heterocycles. The second kappa shape index (κ2) is 5.78. The number of rotatable bonds is 5. The zero-order valence-corrected chi connectivity index (χ0v) is 8.48. The third-order valence-corrected chi connectivity index (χ3v) is 1.71. The van der Waals surface area contributed by atoms with Crippen molar-refractivity contribution >= 4 is 11.9 Å². The van der Waals surface area contributed by atoms with Gasteiger partial charge in [0.15, 0.2) is 0 Å². The van der Waals surface area contributed by atoms with Crippen molar-refractivity contribution < 1.29 is 28.2 Å². The smallest absolute Gasteiger partial charge is 0.387 e. The van der Waals surface area contributed by atoms with Crippen molar-refractivity contribution in [2.24, 2.45) is 0 Å². The molecule has 0 unspecified atom stereocenters. The monoisotopic (exact) mass is 244 g/mol. The highest BCUT2D eigenvalue weighted by Gasteiger charge is 2.08. The van der Waals surface area contributed by atoms with Crippen molar-refractivity contribution in [1.82, 2.24) is 5.32 Å². The zero-order valence-electron chi connectivity index (χ0n) is 8.48. The second-order valence-electron chi connectivity index (χ2n) is 2.96. The van der Waals surface area contributed by atoms with Gasteiger partial charge in [0.1, 0.15) is 5.75 Å². The molecule has 0 aliphatic rings. The molecule has 92 valence electrons. The Kier molecular flexibility index (Phi) is 4.38. The minimum atomic E-state index is -2.99. The summed E-state index contributed by atoms with van der Waals surface area (Å²) < 4.78 is 27.9. The van der Waals surface area contributed by atoms with Gasteiger partial charge in [-0.25, -0.2) is 0 Å². The predicted molar refractivity (Wildman–Crippen MR) is 50.4 cm³/mol. The Bertz CT molecular complexity index is 423. The normalized spacial score (nSPS) is 10.1. The molecule has 0 spiro atoms. The number of carboxylic acids is 1. The zero-order chi connectivity index (χ0) is 12.8. The first kappa shape index (κ1) is 12.9. The summed E-state index contributed by atoms with van der Waals surface area (Å²) in [5.41, 5.74) is 0.0180. The number of carbonyl (C=O) groups is 2. The van der Waals surface area contributed by atoms with Crippen LogP contribution in [0, 0.1) is 0 Å². The second-order valence-corrected chi connectivity index (χ2v) is 2.96. The lowest BCUT2D eigenvalue weighted by molar-refractivity contribution is -0.303. The van der Waals surface area contributed by atoms with Gasteiger partial charge in [-0.1, -0.05) is 6.07 Å². The Labute approximate surface area is 95.0 Å². The molecule has 0 saturated carbocycles. The molecule has 17 heavy (non-hydrogen) atoms. The molecule has 0 radical (unpaired) electrons. The SMILES string of the molecule is O=C([O-])CNC(=O)c1cccc(OC(F)F)c1. The van der Waals surface area contributed by atoms with E-state index >= 15 is 0 Å². The highest BCUT2D eigenvalue weighted by atomic mass is 19.3. The maximum absolute atomic E-state index is 11.9. The highest BCUT2D eigenvalue weighted by Crippen LogP contribution is 2.15. The number of halogens is 2. The van der Waals surface area contributed by atoms with Gasteiger partial charge in [0, 0.05) is 5.56 Å². The first-order valence-electron chi connectivity index (χ1n) is 4.52. The van der Waals surface area contributed by atoms with Gasteiger partial charge in [0.2, 0.25) is 0 Å². The summed E-state index contributed by atoms with van der Waals surface area (Å²) in [7, 11) is 0. The van der Waals surface area contributed by atoms with Crippen LogP contribution in [-0.2, 0) is 4.79 Å². The maximum Gasteiger partial charge on any atom is 0.387 e. The Morgan fingerprint density at radius 1 is 1.41 bits per heavy atom. The minimum Gasteiger partial charge on any atom is -0.548 e. The van der Waals surface area contributed by atoms with Gasteiger partial charge in [0.05, 0.1) is 12.5 Å². The van der Waals surface area contributed by atoms with Crippen LogP contribution in [0.25, 0.3) is 0 Å². The third kappa shape index (κ3) is 4.45. The van der Waals surface area contributed by atoms with Gasteiger partial charge in [-0.2, -0.15) is 8.78 Å². The van der Waals surface area contributed by atoms with Crippen molar-refractivity contribution in [1.29, 1.82) is 0 Å². The van der Waals surface area contributed by atoms with Crippen LogP contribution in [0.3, 0.4) is 0 Å². The van der Waals surface area contributed by atoms with Crippen LogP contribution < -0.4 is 15.2 Å². The van der Waals surface area contributed by atoms with E-state index in [4.69, 9.17) is 0 Å². The summed E-state index contributed by atoms with van der Waals surface area (Å²) in [5, 5.41) is 12.1. The van der Waals surface area contributed by atoms with Crippen LogP contribution in [-0.4, -0.2) is 25.0 Å². The number of carbonyl (C=O) groups excluding carboxylic acids is 2. The first-order valence-corrected chi connectivity index (χ1v) is 4.52. The van der Waals surface area contributed by atoms with Crippen LogP contribution >= 0.6 is 0 Å². The molecule has 1 N–H and O–H groups in total. The van der Waals surface area contributed by atoms with E-state index in [0.717, 1.165) is 6.07 Å². The van der Waals surface area contributed by atoms with Crippen molar-refractivity contribution in [3.63, 3.8) is 0 Å². The number of amides is 1. The number of ether oxygens (including phenoxy) is 1. The lowest BCUT2D eigenvalue weighted by Gasteiger charge is -2.08. The number of alkyl halides is 2. The molecule has 0 aliphatic carbocycles. The molecule has 1 aromatic carbocycles. The fourth-order valence-corrected chi connectivity index (χ4v) is 1.07. The summed E-state index contributed by atoms with van der Waals surface area (Å²) in [4.78, 5) is 21.4. The Balaban J connectivity index is 2.70. The van der Waals surface area contributed by atoms with E-state index in [1.54, 1.807) is 0 Å². The Hall–Kier alpha value is -2.18. The van der Waals surface area contributed by atoms with E-state index in [1.165, 1.54) is 18.2 Å². The number of hydrogen-bond acceptors (Lipinski definition) is 4. The van der Waals surface area contributed by atoms with Crippen LogP contribution in [0.4, 0.5) is 8.78 Å². The van der Waals surface area contributed by atoms with Crippen molar-refractivity contribution in [3.8, 4) is 5.75 Å². The quantitative estimate of drug-likeness (QED) is 0.775. The van der Waals surface area contributed by atoms with Crippen molar-refractivity contribution in [2.45, 2.75) is 6.61 Å². The number of benzene rings is 1. The molecular weight excluding hydrogens is 236 g/mol. The molecule has 0 fully saturated rings. The fourth-order valence-electron chi connectivity index (χ4n) is 1.07. The summed E-state index contributed by atoms with van der Waals surface area (Å²) in [5.74, 6) is -2.34. The molecule has 1 aromatic rings. The molecule has 5 nitrogen and oxygen atoms in total. The predicted octanol–water partition coefficient (Wildman–Crippen LogP) is -0.232. The Morgan fingerprint density at radius 2 is 2.12 bits per heavy atom. The first-order chi connectivity index (χ1) is 7.99. The van der Waals surface area contributed by atoms with Gasteiger partial charge in [0.25, 0.3) is 5.91 Å². The van der Waals surface area contributed by atoms with Gasteiger partial charge in [-0.15, -0.1) is 0 Å². The average molecular weight is 244 g/mol. The third-order valence-electron chi connectivity index (χ3n) is 1.71. The van der Waals surface area contributed by atoms with Gasteiger partial charge >= 0.3 is 6.61 Å². The number of aliphatic carboxylic acids is 1. The standard InChI is InChI=1S/C10H9F2NO4/c11-10(12)17-7-3-1-2-6(4-7)9(16)13-5-8(14)15/h1-4,10H,5H2,(H,13,16)(H,14,15)/p-1. The summed E-state index contributed by atoms with van der Waals surface area (Å²) in [6.45, 7) is -3.64. The van der Waals surface area contributed by atoms with Gasteiger partial charge < -0.3 is 20.0 Å². The summed E-state index contributed by atoms with van der Waals surface area (Å²) in [6.07, 6.45) is 0. The van der Waals surface area contributed by atoms with E-state index in [9.17, 15) is 23.5 Å². The van der Waals surface area contributed by atoms with Gasteiger partial charge in [-0.3, -0.25) is 4.79 Å². The molecule has 0 bridgehead atoms. The molecular formula is C10H8F2NO4-. The summed E-state index contributed by atoms with van der Waals surface area (Å²) in [6, 6.07) is 5.01. The molecule has 7 heteroatoms. The molecule has 1 rings (SSSR count). The van der Waals surface area contributed by atoms with E-state index in [1.807, 2.05) is 5.32 Å². The molecule has 0 atom stereocenters. The lowest BCUT2D eigenvalue weighted by Crippen LogP contribution is -2.37. The van der Waals surface area contributed by atoms with Crippen LogP contribution in [0.5, 0.6) is 5.75 Å². The lowest BCUT2D eigenvalue weighted by atomic mass is 10.2.